The van der Waals surface area contributed by atoms with Crippen molar-refractivity contribution in [1.82, 2.24) is 0 Å². The molecule has 0 aromatic rings. The van der Waals surface area contributed by atoms with E-state index in [4.69, 9.17) is 9.79 Å². The first-order chi connectivity index (χ1) is 5.67. The summed E-state index contributed by atoms with van der Waals surface area (Å²) in [4.78, 5) is 17.4. The topological polar surface area (TPSA) is 57.5 Å². The van der Waals surface area contributed by atoms with Gasteiger partial charge in [0.2, 0.25) is 0 Å². The Kier molecular flexibility index (Phi) is 4.33. The number of allylic oxidation sites excluding steroid dienone is 2. The number of nitrogens with zero attached hydrogens (tertiary/aromatic N) is 1. The van der Waals surface area contributed by atoms with Gasteiger partial charge >= 0.3 is 7.60 Å². The van der Waals surface area contributed by atoms with E-state index in [1.165, 1.54) is 0 Å². The molecule has 2 N–H and O–H groups in total. The minimum Gasteiger partial charge on any atom is -0.324 e. The van der Waals surface area contributed by atoms with Gasteiger partial charge in [-0.05, 0) is 6.08 Å². The molecule has 0 saturated heterocycles. The third kappa shape index (κ3) is 5.99. The van der Waals surface area contributed by atoms with Gasteiger partial charge in [-0.15, -0.1) is 0 Å². The number of hydrogen-bond donors (Lipinski definition) is 2. The molecule has 0 atom stereocenters. The third-order valence-electron chi connectivity index (χ3n) is 1.79. The Bertz CT molecular complexity index is 236. The molecule has 0 aliphatic heterocycles. The van der Waals surface area contributed by atoms with Crippen LogP contribution in [0.15, 0.2) is 11.8 Å². The van der Waals surface area contributed by atoms with Gasteiger partial charge in [-0.25, -0.2) is 0 Å². The standard InChI is InChI=1S/C8H18NO3P/c1-5-8(9(2,3)4)6-7-13(10,11)12/h6H,5,7H2,1-4H3,(H-,10,11,12)/p+1. The Morgan fingerprint density at radius 1 is 1.38 bits per heavy atom. The second kappa shape index (κ2) is 4.38. The maximum absolute atomic E-state index is 10.6. The van der Waals surface area contributed by atoms with Gasteiger partial charge in [-0.2, -0.15) is 0 Å². The van der Waals surface area contributed by atoms with Gasteiger partial charge in [0.1, 0.15) is 5.70 Å². The lowest BCUT2D eigenvalue weighted by atomic mass is 10.3. The molecule has 0 aromatic carbocycles. The summed E-state index contributed by atoms with van der Waals surface area (Å²) in [6.07, 6.45) is 2.29. The summed E-state index contributed by atoms with van der Waals surface area (Å²) in [6.45, 7) is 1.98. The lowest BCUT2D eigenvalue weighted by molar-refractivity contribution is -0.832. The molecular weight excluding hydrogens is 189 g/mol. The second-order valence-corrected chi connectivity index (χ2v) is 5.60. The summed E-state index contributed by atoms with van der Waals surface area (Å²) in [6, 6.07) is 0. The fraction of sp³-hybridized carbons (Fsp3) is 0.750. The molecule has 0 radical (unpaired) electrons. The van der Waals surface area contributed by atoms with Crippen LogP contribution in [0.4, 0.5) is 0 Å². The predicted octanol–water partition coefficient (Wildman–Crippen LogP) is 1.16. The first-order valence-electron chi connectivity index (χ1n) is 4.22. The second-order valence-electron chi connectivity index (χ2n) is 3.91. The molecule has 78 valence electrons. The summed E-state index contributed by atoms with van der Waals surface area (Å²) < 4.78 is 11.2. The lowest BCUT2D eigenvalue weighted by Crippen LogP contribution is -2.33. The van der Waals surface area contributed by atoms with Crippen molar-refractivity contribution in [2.24, 2.45) is 0 Å². The average Bonchev–Trinajstić information content (AvgIpc) is 1.82. The summed E-state index contributed by atoms with van der Waals surface area (Å²) >= 11 is 0. The Hall–Kier alpha value is -0.150. The molecular formula is C8H19NO3P+. The molecule has 5 heteroatoms. The van der Waals surface area contributed by atoms with Crippen molar-refractivity contribution in [3.05, 3.63) is 11.8 Å². The van der Waals surface area contributed by atoms with Crippen LogP contribution in [0, 0.1) is 0 Å². The van der Waals surface area contributed by atoms with Crippen LogP contribution in [0.1, 0.15) is 13.3 Å². The smallest absolute Gasteiger partial charge is 0.324 e. The van der Waals surface area contributed by atoms with Crippen molar-refractivity contribution in [1.29, 1.82) is 0 Å². The monoisotopic (exact) mass is 208 g/mol. The fourth-order valence-electron chi connectivity index (χ4n) is 1.12. The minimum absolute atomic E-state index is 0.161. The molecule has 0 spiro atoms. The molecule has 0 heterocycles. The predicted molar refractivity (Wildman–Crippen MR) is 53.3 cm³/mol. The molecule has 4 nitrogen and oxygen atoms in total. The highest BCUT2D eigenvalue weighted by Gasteiger charge is 2.17. The van der Waals surface area contributed by atoms with Crippen LogP contribution >= 0.6 is 7.60 Å². The van der Waals surface area contributed by atoms with E-state index in [2.05, 4.69) is 0 Å². The van der Waals surface area contributed by atoms with E-state index in [-0.39, 0.29) is 6.16 Å². The van der Waals surface area contributed by atoms with E-state index in [0.29, 0.717) is 4.48 Å². The summed E-state index contributed by atoms with van der Waals surface area (Å²) in [5.74, 6) is 0. The first-order valence-corrected chi connectivity index (χ1v) is 6.02. The number of quaternary nitrogens is 1. The highest BCUT2D eigenvalue weighted by Crippen LogP contribution is 2.34. The maximum Gasteiger partial charge on any atom is 0.329 e. The van der Waals surface area contributed by atoms with E-state index >= 15 is 0 Å². The van der Waals surface area contributed by atoms with Gasteiger partial charge in [-0.1, -0.05) is 6.92 Å². The number of rotatable bonds is 4. The fourth-order valence-corrected chi connectivity index (χ4v) is 1.57. The van der Waals surface area contributed by atoms with Crippen molar-refractivity contribution >= 4 is 7.60 Å². The number of hydrogen-bond acceptors (Lipinski definition) is 1. The Balaban J connectivity index is 4.52. The van der Waals surface area contributed by atoms with E-state index in [9.17, 15) is 4.57 Å². The van der Waals surface area contributed by atoms with Crippen molar-refractivity contribution < 1.29 is 18.8 Å². The molecule has 13 heavy (non-hydrogen) atoms. The van der Waals surface area contributed by atoms with Gasteiger partial charge in [-0.3, -0.25) is 4.57 Å². The quantitative estimate of drug-likeness (QED) is 0.538. The van der Waals surface area contributed by atoms with E-state index in [0.717, 1.165) is 12.1 Å². The van der Waals surface area contributed by atoms with E-state index in [1.54, 1.807) is 6.08 Å². The van der Waals surface area contributed by atoms with Gasteiger partial charge in [0.25, 0.3) is 0 Å². The molecule has 0 amide bonds. The van der Waals surface area contributed by atoms with E-state index in [1.807, 2.05) is 28.1 Å². The molecule has 0 rings (SSSR count). The normalized spacial score (nSPS) is 14.8. The first kappa shape index (κ1) is 12.8. The molecule has 0 aliphatic carbocycles. The molecule has 0 fully saturated rings. The zero-order chi connectivity index (χ0) is 10.7. The zero-order valence-electron chi connectivity index (χ0n) is 8.69. The highest BCUT2D eigenvalue weighted by atomic mass is 31.2. The molecule has 0 aromatic heterocycles. The average molecular weight is 208 g/mol. The van der Waals surface area contributed by atoms with Crippen molar-refractivity contribution in [2.45, 2.75) is 13.3 Å². The highest BCUT2D eigenvalue weighted by molar-refractivity contribution is 7.51. The largest absolute Gasteiger partial charge is 0.329 e. The SMILES string of the molecule is CCC(=CCP(=O)(O)O)[N+](C)(C)C. The van der Waals surface area contributed by atoms with Crippen molar-refractivity contribution in [2.75, 3.05) is 27.3 Å². The van der Waals surface area contributed by atoms with Crippen LogP contribution in [-0.2, 0) is 4.57 Å². The van der Waals surface area contributed by atoms with Gasteiger partial charge in [0, 0.05) is 6.42 Å². The van der Waals surface area contributed by atoms with Gasteiger partial charge < -0.3 is 14.3 Å². The lowest BCUT2D eigenvalue weighted by Gasteiger charge is -2.26. The Morgan fingerprint density at radius 2 is 1.85 bits per heavy atom. The molecule has 0 saturated carbocycles. The zero-order valence-corrected chi connectivity index (χ0v) is 9.58. The Morgan fingerprint density at radius 3 is 2.08 bits per heavy atom. The van der Waals surface area contributed by atoms with Crippen LogP contribution in [0.2, 0.25) is 0 Å². The van der Waals surface area contributed by atoms with Crippen LogP contribution in [0.25, 0.3) is 0 Å². The summed E-state index contributed by atoms with van der Waals surface area (Å²) in [7, 11) is 2.05. The van der Waals surface area contributed by atoms with Crippen LogP contribution in [0.5, 0.6) is 0 Å². The van der Waals surface area contributed by atoms with Gasteiger partial charge in [0.15, 0.2) is 0 Å². The van der Waals surface area contributed by atoms with Crippen molar-refractivity contribution in [3.8, 4) is 0 Å². The minimum atomic E-state index is -3.89. The van der Waals surface area contributed by atoms with Gasteiger partial charge in [0.05, 0.1) is 27.3 Å². The summed E-state index contributed by atoms with van der Waals surface area (Å²) in [5, 5.41) is 0. The van der Waals surface area contributed by atoms with Crippen LogP contribution in [0.3, 0.4) is 0 Å². The summed E-state index contributed by atoms with van der Waals surface area (Å²) in [5.41, 5.74) is 1.03. The van der Waals surface area contributed by atoms with Crippen LogP contribution in [-0.4, -0.2) is 41.6 Å². The molecule has 0 aliphatic rings. The molecule has 0 bridgehead atoms. The van der Waals surface area contributed by atoms with E-state index < -0.39 is 7.60 Å². The Labute approximate surface area is 79.6 Å². The molecule has 0 unspecified atom stereocenters. The van der Waals surface area contributed by atoms with Crippen molar-refractivity contribution in [3.63, 3.8) is 0 Å². The maximum atomic E-state index is 10.6. The van der Waals surface area contributed by atoms with Crippen LogP contribution < -0.4 is 0 Å². The third-order valence-corrected chi connectivity index (χ3v) is 2.45.